The van der Waals surface area contributed by atoms with Gasteiger partial charge in [0.1, 0.15) is 23.5 Å². The van der Waals surface area contributed by atoms with Crippen LogP contribution in [0, 0.1) is 0 Å². The number of rotatable bonds is 0. The van der Waals surface area contributed by atoms with E-state index in [4.69, 9.17) is 23.5 Å². The van der Waals surface area contributed by atoms with Crippen LogP contribution in [0.1, 0.15) is 20.7 Å². The van der Waals surface area contributed by atoms with Crippen molar-refractivity contribution in [1.29, 1.82) is 0 Å². The van der Waals surface area contributed by atoms with Crippen LogP contribution in [0.2, 0.25) is 6.82 Å². The number of fused-ring (bicyclic) bond motifs is 2. The summed E-state index contributed by atoms with van der Waals surface area (Å²) in [6.07, 6.45) is 0. The largest absolute Gasteiger partial charge is 0.277 e. The highest BCUT2D eigenvalue weighted by Crippen LogP contribution is 2.41. The van der Waals surface area contributed by atoms with Crippen molar-refractivity contribution in [2.75, 3.05) is 7.05 Å². The molecule has 2 amide bonds. The Bertz CT molecular complexity index is 1590. The Labute approximate surface area is 184 Å². The van der Waals surface area contributed by atoms with Gasteiger partial charge < -0.3 is 0 Å². The number of hydrogen-bond donors (Lipinski definition) is 0. The van der Waals surface area contributed by atoms with Gasteiger partial charge >= 0.3 is 0 Å². The maximum Gasteiger partial charge on any atom is 0.261 e. The van der Waals surface area contributed by atoms with Crippen molar-refractivity contribution < 1.29 is 9.59 Å². The fourth-order valence-electron chi connectivity index (χ4n) is 4.87. The molecule has 1 aliphatic rings. The quantitative estimate of drug-likeness (QED) is 0.174. The number of nitrogens with zero attached hydrogens (tertiary/aromatic N) is 1. The molecule has 0 saturated carbocycles. The highest BCUT2D eigenvalue weighted by atomic mass is 16.2. The number of carbonyl (C=O) groups is 2. The molecule has 138 valence electrons. The topological polar surface area (TPSA) is 37.4 Å². The van der Waals surface area contributed by atoms with E-state index < -0.39 is 0 Å². The minimum absolute atomic E-state index is 0.320. The molecule has 0 saturated heterocycles. The van der Waals surface area contributed by atoms with E-state index in [0.717, 1.165) is 42.6 Å². The van der Waals surface area contributed by atoms with Crippen LogP contribution in [0.15, 0.2) is 42.5 Å². The van der Waals surface area contributed by atoms with Crippen molar-refractivity contribution in [2.24, 2.45) is 0 Å². The summed E-state index contributed by atoms with van der Waals surface area (Å²) in [6, 6.07) is 12.9. The maximum atomic E-state index is 12.9. The molecule has 0 N–H and O–H groups in total. The van der Waals surface area contributed by atoms with Gasteiger partial charge in [-0.05, 0) is 43.8 Å². The zero-order valence-corrected chi connectivity index (χ0v) is 17.1. The van der Waals surface area contributed by atoms with E-state index in [2.05, 4.69) is 7.85 Å². The van der Waals surface area contributed by atoms with Crippen molar-refractivity contribution in [2.45, 2.75) is 6.82 Å². The van der Waals surface area contributed by atoms with Crippen LogP contribution < -0.4 is 16.4 Å². The maximum absolute atomic E-state index is 12.9. The molecule has 31 heavy (non-hydrogen) atoms. The minimum atomic E-state index is -0.354. The van der Waals surface area contributed by atoms with E-state index in [1.807, 2.05) is 30.3 Å². The second-order valence-electron chi connectivity index (χ2n) is 7.62. The SMILES string of the molecule is [B]C.[B]c1ccc2c3c([B])cc4c5c(ccc(c6c([B])ccc1c26)c53)C(=O)N(C)C4=O. The summed E-state index contributed by atoms with van der Waals surface area (Å²) in [4.78, 5) is 26.8. The second kappa shape index (κ2) is 6.65. The fraction of sp³-hybridized carbons (Fsp3) is 0.0833. The van der Waals surface area contributed by atoms with Gasteiger partial charge in [0.2, 0.25) is 0 Å². The molecule has 8 radical (unpaired) electrons. The lowest BCUT2D eigenvalue weighted by Crippen LogP contribution is -2.37. The van der Waals surface area contributed by atoms with Crippen molar-refractivity contribution in [3.05, 3.63) is 53.6 Å². The monoisotopic (exact) mass is 391 g/mol. The van der Waals surface area contributed by atoms with Gasteiger partial charge in [-0.25, -0.2) is 0 Å². The Kier molecular flexibility index (Phi) is 4.23. The van der Waals surface area contributed by atoms with Gasteiger partial charge in [0.25, 0.3) is 11.8 Å². The normalized spacial score (nSPS) is 13.4. The molecule has 7 heteroatoms. The third kappa shape index (κ3) is 2.35. The number of benzene rings is 5. The third-order valence-corrected chi connectivity index (χ3v) is 6.17. The first kappa shape index (κ1) is 19.7. The first-order valence-corrected chi connectivity index (χ1v) is 9.81. The molecule has 0 atom stereocenters. The van der Waals surface area contributed by atoms with Crippen molar-refractivity contribution in [3.8, 4) is 0 Å². The fourth-order valence-corrected chi connectivity index (χ4v) is 4.87. The number of imide groups is 1. The van der Waals surface area contributed by atoms with Crippen LogP contribution >= 0.6 is 0 Å². The standard InChI is InChI=1S/C23H10B3NO2.CH3B/c1-27-22(28)12-3-2-11-19-15(25)7-4-9-14(24)6-5-10(17(9)19)20-16(26)8-13(23(27)29)18(12)21(11)20;1-2/h2-8H,1H3;1H3. The van der Waals surface area contributed by atoms with Gasteiger partial charge in [-0.2, -0.15) is 0 Å². The van der Waals surface area contributed by atoms with E-state index in [0.29, 0.717) is 32.9 Å². The molecular formula is C24H13B4NO2. The van der Waals surface area contributed by atoms with E-state index in [-0.39, 0.29) is 11.8 Å². The summed E-state index contributed by atoms with van der Waals surface area (Å²) >= 11 is 0. The van der Waals surface area contributed by atoms with E-state index in [1.54, 1.807) is 12.1 Å². The highest BCUT2D eigenvalue weighted by molar-refractivity contribution is 6.54. The molecule has 3 nitrogen and oxygen atoms in total. The number of hydrogen-bond acceptors (Lipinski definition) is 2. The second-order valence-corrected chi connectivity index (χ2v) is 7.62. The van der Waals surface area contributed by atoms with Crippen molar-refractivity contribution in [1.82, 2.24) is 4.90 Å². The van der Waals surface area contributed by atoms with Crippen LogP contribution in [0.5, 0.6) is 0 Å². The smallest absolute Gasteiger partial charge is 0.261 e. The number of amides is 2. The first-order valence-electron chi connectivity index (χ1n) is 9.81. The summed E-state index contributed by atoms with van der Waals surface area (Å²) in [6.45, 7) is 1.50. The lowest BCUT2D eigenvalue weighted by atomic mass is 9.75. The average molecular weight is 391 g/mol. The molecule has 0 aliphatic carbocycles. The molecule has 1 aliphatic heterocycles. The van der Waals surface area contributed by atoms with Crippen LogP contribution in [0.25, 0.3) is 43.1 Å². The van der Waals surface area contributed by atoms with Crippen molar-refractivity contribution >= 4 is 103 Å². The van der Waals surface area contributed by atoms with Crippen LogP contribution in [0.3, 0.4) is 0 Å². The Morgan fingerprint density at radius 3 is 1.87 bits per heavy atom. The molecular weight excluding hydrogens is 378 g/mol. The molecule has 5 aromatic rings. The Morgan fingerprint density at radius 1 is 0.581 bits per heavy atom. The lowest BCUT2D eigenvalue weighted by Gasteiger charge is -2.27. The Balaban J connectivity index is 0.000000994. The molecule has 0 aromatic heterocycles. The zero-order chi connectivity index (χ0) is 22.2. The molecule has 6 rings (SSSR count). The molecule has 0 spiro atoms. The summed E-state index contributed by atoms with van der Waals surface area (Å²) < 4.78 is 0. The van der Waals surface area contributed by atoms with E-state index >= 15 is 0 Å². The Hall–Kier alpha value is -3.20. The van der Waals surface area contributed by atoms with Crippen molar-refractivity contribution in [3.63, 3.8) is 0 Å². The molecule has 1 heterocycles. The summed E-state index contributed by atoms with van der Waals surface area (Å²) in [5.41, 5.74) is 2.68. The number of carbonyl (C=O) groups excluding carboxylic acids is 2. The summed E-state index contributed by atoms with van der Waals surface area (Å²) in [5.74, 6) is -0.675. The van der Waals surface area contributed by atoms with Crippen LogP contribution in [-0.2, 0) is 0 Å². The summed E-state index contributed by atoms with van der Waals surface area (Å²) in [5, 5.41) is 6.72. The van der Waals surface area contributed by atoms with Gasteiger partial charge in [0.05, 0.1) is 7.85 Å². The minimum Gasteiger partial charge on any atom is -0.277 e. The molecule has 0 fully saturated rings. The van der Waals surface area contributed by atoms with Gasteiger partial charge in [0, 0.05) is 23.6 Å². The van der Waals surface area contributed by atoms with Gasteiger partial charge in [-0.1, -0.05) is 59.6 Å². The van der Waals surface area contributed by atoms with Gasteiger partial charge in [0.15, 0.2) is 0 Å². The Morgan fingerprint density at radius 2 is 1.13 bits per heavy atom. The predicted molar refractivity (Wildman–Crippen MR) is 132 cm³/mol. The predicted octanol–water partition coefficient (Wildman–Crippen LogP) is 1.55. The average Bonchev–Trinajstić information content (AvgIpc) is 2.78. The lowest BCUT2D eigenvalue weighted by molar-refractivity contribution is 0.0651. The third-order valence-electron chi connectivity index (χ3n) is 6.17. The molecule has 0 bridgehead atoms. The van der Waals surface area contributed by atoms with E-state index in [1.165, 1.54) is 13.9 Å². The zero-order valence-electron chi connectivity index (χ0n) is 17.1. The first-order chi connectivity index (χ1) is 14.9. The molecule has 0 unspecified atom stereocenters. The summed E-state index contributed by atoms with van der Waals surface area (Å²) in [7, 11) is 25.1. The van der Waals surface area contributed by atoms with Crippen LogP contribution in [-0.4, -0.2) is 55.1 Å². The molecule has 5 aromatic carbocycles. The van der Waals surface area contributed by atoms with E-state index in [9.17, 15) is 9.59 Å². The van der Waals surface area contributed by atoms with Gasteiger partial charge in [-0.3, -0.25) is 14.5 Å². The van der Waals surface area contributed by atoms with Gasteiger partial charge in [-0.15, -0.1) is 0 Å². The van der Waals surface area contributed by atoms with Crippen LogP contribution in [0.4, 0.5) is 0 Å². The highest BCUT2D eigenvalue weighted by Gasteiger charge is 2.32.